The number of piperidine rings is 1. The van der Waals surface area contributed by atoms with Crippen molar-refractivity contribution in [2.75, 3.05) is 19.6 Å². The molecular weight excluding hydrogens is 232 g/mol. The minimum atomic E-state index is 0.727. The molecule has 0 bridgehead atoms. The molecule has 1 aliphatic carbocycles. The van der Waals surface area contributed by atoms with Gasteiger partial charge < -0.3 is 5.32 Å². The maximum absolute atomic E-state index is 3.64. The van der Waals surface area contributed by atoms with Gasteiger partial charge in [-0.25, -0.2) is 0 Å². The Morgan fingerprint density at radius 2 is 1.89 bits per heavy atom. The average Bonchev–Trinajstić information content (AvgIpc) is 2.85. The van der Waals surface area contributed by atoms with E-state index in [2.05, 4.69) is 48.3 Å². The third-order valence-electron chi connectivity index (χ3n) is 4.95. The highest BCUT2D eigenvalue weighted by molar-refractivity contribution is 5.33. The molecule has 0 spiro atoms. The standard InChI is InChI=1S/C17H26N2/c1-3-18-17-8-9-19(12-13(17)2)16-10-14-6-4-5-7-15(14)11-16/h4-7,13,16-18H,3,8-12H2,1-2H3. The van der Waals surface area contributed by atoms with Crippen molar-refractivity contribution in [3.63, 3.8) is 0 Å². The monoisotopic (exact) mass is 258 g/mol. The largest absolute Gasteiger partial charge is 0.314 e. The molecule has 1 N–H and O–H groups in total. The summed E-state index contributed by atoms with van der Waals surface area (Å²) in [6.07, 6.45) is 3.82. The third-order valence-corrected chi connectivity index (χ3v) is 4.95. The Bertz CT molecular complexity index is 404. The van der Waals surface area contributed by atoms with Crippen LogP contribution in [0.25, 0.3) is 0 Å². The summed E-state index contributed by atoms with van der Waals surface area (Å²) in [5.41, 5.74) is 3.16. The van der Waals surface area contributed by atoms with E-state index in [1.165, 1.54) is 32.4 Å². The van der Waals surface area contributed by atoms with Crippen molar-refractivity contribution in [3.05, 3.63) is 35.4 Å². The van der Waals surface area contributed by atoms with Crippen molar-refractivity contribution in [2.45, 2.75) is 45.2 Å². The van der Waals surface area contributed by atoms with E-state index in [0.29, 0.717) is 0 Å². The topological polar surface area (TPSA) is 15.3 Å². The molecule has 1 aliphatic heterocycles. The molecule has 0 radical (unpaired) electrons. The number of hydrogen-bond acceptors (Lipinski definition) is 2. The molecular formula is C17H26N2. The van der Waals surface area contributed by atoms with Gasteiger partial charge in [0.2, 0.25) is 0 Å². The Morgan fingerprint density at radius 1 is 1.21 bits per heavy atom. The van der Waals surface area contributed by atoms with Crippen LogP contribution in [-0.2, 0) is 12.8 Å². The molecule has 0 amide bonds. The Balaban J connectivity index is 1.61. The van der Waals surface area contributed by atoms with Gasteiger partial charge >= 0.3 is 0 Å². The number of rotatable bonds is 3. The van der Waals surface area contributed by atoms with Crippen molar-refractivity contribution >= 4 is 0 Å². The smallest absolute Gasteiger partial charge is 0.0176 e. The van der Waals surface area contributed by atoms with Gasteiger partial charge in [0, 0.05) is 18.6 Å². The average molecular weight is 258 g/mol. The van der Waals surface area contributed by atoms with Gasteiger partial charge in [0.05, 0.1) is 0 Å². The highest BCUT2D eigenvalue weighted by Gasteiger charge is 2.32. The fraction of sp³-hybridized carbons (Fsp3) is 0.647. The van der Waals surface area contributed by atoms with Crippen LogP contribution in [0.4, 0.5) is 0 Å². The second-order valence-corrected chi connectivity index (χ2v) is 6.26. The summed E-state index contributed by atoms with van der Waals surface area (Å²) in [5.74, 6) is 0.775. The van der Waals surface area contributed by atoms with E-state index in [9.17, 15) is 0 Å². The van der Waals surface area contributed by atoms with Crippen LogP contribution in [0.5, 0.6) is 0 Å². The SMILES string of the molecule is CCNC1CCN(C2Cc3ccccc3C2)CC1C. The van der Waals surface area contributed by atoms with Gasteiger partial charge in [-0.1, -0.05) is 38.1 Å². The van der Waals surface area contributed by atoms with Crippen molar-refractivity contribution in [2.24, 2.45) is 5.92 Å². The van der Waals surface area contributed by atoms with E-state index in [1.807, 2.05) is 0 Å². The number of benzene rings is 1. The van der Waals surface area contributed by atoms with E-state index >= 15 is 0 Å². The maximum atomic E-state index is 3.64. The van der Waals surface area contributed by atoms with Gasteiger partial charge in [-0.05, 0) is 49.4 Å². The van der Waals surface area contributed by atoms with Crippen molar-refractivity contribution in [1.82, 2.24) is 10.2 Å². The molecule has 2 nitrogen and oxygen atoms in total. The molecule has 2 heteroatoms. The first-order valence-electron chi connectivity index (χ1n) is 7.82. The second kappa shape index (κ2) is 5.64. The van der Waals surface area contributed by atoms with Gasteiger partial charge in [-0.3, -0.25) is 4.90 Å². The van der Waals surface area contributed by atoms with Gasteiger partial charge in [-0.2, -0.15) is 0 Å². The van der Waals surface area contributed by atoms with Crippen LogP contribution < -0.4 is 5.32 Å². The normalized spacial score (nSPS) is 28.5. The first kappa shape index (κ1) is 13.1. The molecule has 2 atom stereocenters. The molecule has 1 aromatic carbocycles. The molecule has 3 rings (SSSR count). The van der Waals surface area contributed by atoms with E-state index in [4.69, 9.17) is 0 Å². The molecule has 1 fully saturated rings. The summed E-state index contributed by atoms with van der Waals surface area (Å²) in [6.45, 7) is 8.25. The van der Waals surface area contributed by atoms with Gasteiger partial charge in [-0.15, -0.1) is 0 Å². The van der Waals surface area contributed by atoms with Crippen molar-refractivity contribution in [1.29, 1.82) is 0 Å². The van der Waals surface area contributed by atoms with Crippen LogP contribution in [0.1, 0.15) is 31.4 Å². The summed E-state index contributed by atoms with van der Waals surface area (Å²) < 4.78 is 0. The van der Waals surface area contributed by atoms with Crippen LogP contribution >= 0.6 is 0 Å². The molecule has 1 heterocycles. The predicted octanol–water partition coefficient (Wildman–Crippen LogP) is 2.47. The second-order valence-electron chi connectivity index (χ2n) is 6.26. The molecule has 1 saturated heterocycles. The number of hydrogen-bond donors (Lipinski definition) is 1. The first-order chi connectivity index (χ1) is 9.28. The number of fused-ring (bicyclic) bond motifs is 1. The van der Waals surface area contributed by atoms with E-state index in [-0.39, 0.29) is 0 Å². The Morgan fingerprint density at radius 3 is 2.47 bits per heavy atom. The van der Waals surface area contributed by atoms with Crippen molar-refractivity contribution in [3.8, 4) is 0 Å². The lowest BCUT2D eigenvalue weighted by Crippen LogP contribution is -2.51. The van der Waals surface area contributed by atoms with E-state index in [1.54, 1.807) is 11.1 Å². The molecule has 19 heavy (non-hydrogen) atoms. The lowest BCUT2D eigenvalue weighted by atomic mass is 9.92. The summed E-state index contributed by atoms with van der Waals surface area (Å²) >= 11 is 0. The third kappa shape index (κ3) is 2.70. The van der Waals surface area contributed by atoms with Crippen LogP contribution in [0.15, 0.2) is 24.3 Å². The van der Waals surface area contributed by atoms with Crippen LogP contribution in [0, 0.1) is 5.92 Å². The first-order valence-corrected chi connectivity index (χ1v) is 7.82. The lowest BCUT2D eigenvalue weighted by molar-refractivity contribution is 0.108. The Hall–Kier alpha value is -0.860. The highest BCUT2D eigenvalue weighted by atomic mass is 15.2. The van der Waals surface area contributed by atoms with E-state index < -0.39 is 0 Å². The fourth-order valence-electron chi connectivity index (χ4n) is 3.87. The van der Waals surface area contributed by atoms with Crippen LogP contribution in [0.3, 0.4) is 0 Å². The lowest BCUT2D eigenvalue weighted by Gasteiger charge is -2.40. The molecule has 0 saturated carbocycles. The molecule has 0 aromatic heterocycles. The summed E-state index contributed by atoms with van der Waals surface area (Å²) in [7, 11) is 0. The number of nitrogens with one attached hydrogen (secondary N) is 1. The molecule has 2 unspecified atom stereocenters. The molecule has 104 valence electrons. The summed E-state index contributed by atoms with van der Waals surface area (Å²) in [4.78, 5) is 2.73. The quantitative estimate of drug-likeness (QED) is 0.896. The minimum absolute atomic E-state index is 0.727. The Kier molecular flexibility index (Phi) is 3.90. The zero-order valence-corrected chi connectivity index (χ0v) is 12.2. The van der Waals surface area contributed by atoms with Crippen LogP contribution in [-0.4, -0.2) is 36.6 Å². The number of nitrogens with zero attached hydrogens (tertiary/aromatic N) is 1. The number of likely N-dealkylation sites (tertiary alicyclic amines) is 1. The van der Waals surface area contributed by atoms with Crippen LogP contribution in [0.2, 0.25) is 0 Å². The molecule has 2 aliphatic rings. The van der Waals surface area contributed by atoms with E-state index in [0.717, 1.165) is 24.5 Å². The zero-order chi connectivity index (χ0) is 13.2. The van der Waals surface area contributed by atoms with Gasteiger partial charge in [0.1, 0.15) is 0 Å². The summed E-state index contributed by atoms with van der Waals surface area (Å²) in [6, 6.07) is 10.5. The molecule has 1 aromatic rings. The maximum Gasteiger partial charge on any atom is 0.0176 e. The van der Waals surface area contributed by atoms with Crippen molar-refractivity contribution < 1.29 is 0 Å². The highest BCUT2D eigenvalue weighted by Crippen LogP contribution is 2.28. The zero-order valence-electron chi connectivity index (χ0n) is 12.2. The fourth-order valence-corrected chi connectivity index (χ4v) is 3.87. The minimum Gasteiger partial charge on any atom is -0.314 e. The predicted molar refractivity (Wildman–Crippen MR) is 80.5 cm³/mol. The van der Waals surface area contributed by atoms with Gasteiger partial charge in [0.25, 0.3) is 0 Å². The summed E-state index contributed by atoms with van der Waals surface area (Å²) in [5, 5.41) is 3.64. The Labute approximate surface area is 117 Å². The van der Waals surface area contributed by atoms with Gasteiger partial charge in [0.15, 0.2) is 0 Å².